The van der Waals surface area contributed by atoms with Crippen molar-refractivity contribution in [2.75, 3.05) is 33.3 Å². The van der Waals surface area contributed by atoms with E-state index in [2.05, 4.69) is 33.0 Å². The van der Waals surface area contributed by atoms with Gasteiger partial charge >= 0.3 is 6.09 Å². The predicted molar refractivity (Wildman–Crippen MR) is 106 cm³/mol. The maximum atomic E-state index is 11.8. The van der Waals surface area contributed by atoms with Crippen molar-refractivity contribution >= 4 is 22.0 Å². The first-order valence-corrected chi connectivity index (χ1v) is 10.3. The van der Waals surface area contributed by atoms with Crippen LogP contribution in [0.5, 0.6) is 5.75 Å². The molecule has 0 aromatic heterocycles. The van der Waals surface area contributed by atoms with E-state index in [-0.39, 0.29) is 18.2 Å². The highest BCUT2D eigenvalue weighted by atomic mass is 79.9. The number of cyclic esters (lactones) is 1. The second-order valence-corrected chi connectivity index (χ2v) is 8.51. The molecular formula is C20H29BrN2O3. The molecule has 1 amide bonds. The van der Waals surface area contributed by atoms with Gasteiger partial charge in [-0.3, -0.25) is 0 Å². The van der Waals surface area contributed by atoms with Gasteiger partial charge in [0.1, 0.15) is 11.9 Å². The summed E-state index contributed by atoms with van der Waals surface area (Å²) in [7, 11) is 1.71. The van der Waals surface area contributed by atoms with Crippen LogP contribution in [0.2, 0.25) is 0 Å². The van der Waals surface area contributed by atoms with E-state index in [1.165, 1.54) is 12.0 Å². The van der Waals surface area contributed by atoms with Crippen LogP contribution >= 0.6 is 15.9 Å². The molecule has 2 unspecified atom stereocenters. The highest BCUT2D eigenvalue weighted by Crippen LogP contribution is 2.28. The Kier molecular flexibility index (Phi) is 6.46. The molecule has 1 aromatic carbocycles. The maximum Gasteiger partial charge on any atom is 0.410 e. The summed E-state index contributed by atoms with van der Waals surface area (Å²) in [5.74, 6) is 1.58. The highest BCUT2D eigenvalue weighted by Gasteiger charge is 2.33. The standard InChI is InChI=1S/C20H29BrN2O3/c1-14(2)23-13-18(26-20(23)24)7-9-22-8-6-15(12-22)10-16-11-17(25-3)4-5-19(16)21/h4-5,11,14-15,18H,6-10,12-13H2,1-3H3. The number of ether oxygens (including phenoxy) is 2. The molecule has 6 heteroatoms. The number of hydrogen-bond donors (Lipinski definition) is 0. The van der Waals surface area contributed by atoms with Gasteiger partial charge in [-0.15, -0.1) is 0 Å². The van der Waals surface area contributed by atoms with Gasteiger partial charge in [-0.05, 0) is 69.3 Å². The van der Waals surface area contributed by atoms with Crippen LogP contribution in [0.1, 0.15) is 32.3 Å². The second kappa shape index (κ2) is 8.61. The normalized spacial score (nSPS) is 23.7. The molecule has 0 aliphatic carbocycles. The first kappa shape index (κ1) is 19.5. The van der Waals surface area contributed by atoms with Crippen LogP contribution in [0.4, 0.5) is 4.79 Å². The zero-order valence-electron chi connectivity index (χ0n) is 15.9. The van der Waals surface area contributed by atoms with E-state index in [9.17, 15) is 4.79 Å². The van der Waals surface area contributed by atoms with Crippen LogP contribution in [-0.4, -0.2) is 61.3 Å². The first-order chi connectivity index (χ1) is 12.5. The Morgan fingerprint density at radius 1 is 1.35 bits per heavy atom. The first-order valence-electron chi connectivity index (χ1n) is 9.48. The van der Waals surface area contributed by atoms with Crippen molar-refractivity contribution in [1.82, 2.24) is 9.80 Å². The lowest BCUT2D eigenvalue weighted by Gasteiger charge is -2.19. The van der Waals surface area contributed by atoms with E-state index >= 15 is 0 Å². The van der Waals surface area contributed by atoms with Gasteiger partial charge in [-0.1, -0.05) is 15.9 Å². The molecule has 144 valence electrons. The smallest absolute Gasteiger partial charge is 0.410 e. The number of likely N-dealkylation sites (tertiary alicyclic amines) is 1. The number of nitrogens with zero attached hydrogens (tertiary/aromatic N) is 2. The number of hydrogen-bond acceptors (Lipinski definition) is 4. The van der Waals surface area contributed by atoms with Crippen molar-refractivity contribution in [3.8, 4) is 5.75 Å². The SMILES string of the molecule is COc1ccc(Br)c(CC2CCN(CCC3CN(C(C)C)C(=O)O3)C2)c1. The monoisotopic (exact) mass is 424 g/mol. The summed E-state index contributed by atoms with van der Waals surface area (Å²) in [6, 6.07) is 6.39. The molecule has 2 atom stereocenters. The number of benzene rings is 1. The fraction of sp³-hybridized carbons (Fsp3) is 0.650. The number of methoxy groups -OCH3 is 1. The summed E-state index contributed by atoms with van der Waals surface area (Å²) in [5.41, 5.74) is 1.31. The Bertz CT molecular complexity index is 637. The van der Waals surface area contributed by atoms with Crippen LogP contribution in [0.3, 0.4) is 0 Å². The highest BCUT2D eigenvalue weighted by molar-refractivity contribution is 9.10. The molecule has 0 bridgehead atoms. The Morgan fingerprint density at radius 2 is 2.15 bits per heavy atom. The molecule has 2 aliphatic heterocycles. The number of halogens is 1. The third-order valence-corrected chi connectivity index (χ3v) is 6.20. The summed E-state index contributed by atoms with van der Waals surface area (Å²) in [5, 5.41) is 0. The van der Waals surface area contributed by atoms with Gasteiger partial charge in [0, 0.05) is 23.6 Å². The van der Waals surface area contributed by atoms with Crippen LogP contribution in [-0.2, 0) is 11.2 Å². The van der Waals surface area contributed by atoms with E-state index in [1.807, 2.05) is 24.8 Å². The second-order valence-electron chi connectivity index (χ2n) is 7.66. The lowest BCUT2D eigenvalue weighted by atomic mass is 9.98. The van der Waals surface area contributed by atoms with Crippen molar-refractivity contribution in [2.24, 2.45) is 5.92 Å². The molecule has 0 radical (unpaired) electrons. The third kappa shape index (κ3) is 4.71. The largest absolute Gasteiger partial charge is 0.497 e. The van der Waals surface area contributed by atoms with Gasteiger partial charge in [-0.2, -0.15) is 0 Å². The fourth-order valence-electron chi connectivity index (χ4n) is 3.87. The predicted octanol–water partition coefficient (Wildman–Crippen LogP) is 3.94. The fourth-order valence-corrected chi connectivity index (χ4v) is 4.28. The molecule has 0 spiro atoms. The van der Waals surface area contributed by atoms with Gasteiger partial charge in [0.25, 0.3) is 0 Å². The molecular weight excluding hydrogens is 396 g/mol. The molecule has 26 heavy (non-hydrogen) atoms. The lowest BCUT2D eigenvalue weighted by Crippen LogP contribution is -2.32. The van der Waals surface area contributed by atoms with Crippen LogP contribution < -0.4 is 4.74 Å². The third-order valence-electron chi connectivity index (χ3n) is 5.42. The number of carbonyl (C=O) groups excluding carboxylic acids is 1. The quantitative estimate of drug-likeness (QED) is 0.664. The number of rotatable bonds is 7. The van der Waals surface area contributed by atoms with Gasteiger partial charge in [0.2, 0.25) is 0 Å². The molecule has 2 fully saturated rings. The summed E-state index contributed by atoms with van der Waals surface area (Å²) >= 11 is 3.66. The van der Waals surface area contributed by atoms with E-state index in [0.29, 0.717) is 5.92 Å². The molecule has 2 heterocycles. The number of carbonyl (C=O) groups is 1. The van der Waals surface area contributed by atoms with E-state index < -0.39 is 0 Å². The average Bonchev–Trinajstić information content (AvgIpc) is 3.21. The van der Waals surface area contributed by atoms with Crippen molar-refractivity contribution < 1.29 is 14.3 Å². The van der Waals surface area contributed by atoms with Crippen molar-refractivity contribution in [3.63, 3.8) is 0 Å². The molecule has 5 nitrogen and oxygen atoms in total. The molecule has 3 rings (SSSR count). The van der Waals surface area contributed by atoms with Gasteiger partial charge < -0.3 is 19.3 Å². The Morgan fingerprint density at radius 3 is 2.85 bits per heavy atom. The maximum absolute atomic E-state index is 11.8. The average molecular weight is 425 g/mol. The summed E-state index contributed by atoms with van der Waals surface area (Å²) in [6.07, 6.45) is 3.08. The zero-order valence-corrected chi connectivity index (χ0v) is 17.5. The van der Waals surface area contributed by atoms with E-state index in [0.717, 1.165) is 49.2 Å². The van der Waals surface area contributed by atoms with Gasteiger partial charge in [-0.25, -0.2) is 4.79 Å². The molecule has 2 saturated heterocycles. The lowest BCUT2D eigenvalue weighted by molar-refractivity contribution is 0.121. The van der Waals surface area contributed by atoms with Gasteiger partial charge in [0.15, 0.2) is 0 Å². The minimum absolute atomic E-state index is 0.0384. The molecule has 2 aliphatic rings. The van der Waals surface area contributed by atoms with Crippen LogP contribution in [0.25, 0.3) is 0 Å². The van der Waals surface area contributed by atoms with E-state index in [4.69, 9.17) is 9.47 Å². The zero-order chi connectivity index (χ0) is 18.7. The van der Waals surface area contributed by atoms with E-state index in [1.54, 1.807) is 7.11 Å². The van der Waals surface area contributed by atoms with Crippen LogP contribution in [0, 0.1) is 5.92 Å². The summed E-state index contributed by atoms with van der Waals surface area (Å²) < 4.78 is 12.0. The van der Waals surface area contributed by atoms with Crippen molar-refractivity contribution in [2.45, 2.75) is 45.3 Å². The van der Waals surface area contributed by atoms with Crippen LogP contribution in [0.15, 0.2) is 22.7 Å². The minimum atomic E-state index is -0.160. The topological polar surface area (TPSA) is 42.0 Å². The van der Waals surface area contributed by atoms with Crippen molar-refractivity contribution in [3.05, 3.63) is 28.2 Å². The molecule has 0 saturated carbocycles. The molecule has 1 aromatic rings. The Balaban J connectivity index is 1.45. The van der Waals surface area contributed by atoms with Gasteiger partial charge in [0.05, 0.1) is 13.7 Å². The summed E-state index contributed by atoms with van der Waals surface area (Å²) in [4.78, 5) is 16.2. The molecule has 0 N–H and O–H groups in total. The Labute approximate surface area is 164 Å². The Hall–Kier alpha value is -1.27. The minimum Gasteiger partial charge on any atom is -0.497 e. The number of amides is 1. The summed E-state index contributed by atoms with van der Waals surface area (Å²) in [6.45, 7) is 8.03. The van der Waals surface area contributed by atoms with Crippen molar-refractivity contribution in [1.29, 1.82) is 0 Å².